The molecule has 0 aliphatic carbocycles. The van der Waals surface area contributed by atoms with Gasteiger partial charge in [-0.3, -0.25) is 4.79 Å². The summed E-state index contributed by atoms with van der Waals surface area (Å²) in [6.45, 7) is 1.78. The Kier molecular flexibility index (Phi) is 4.14. The third-order valence-electron chi connectivity index (χ3n) is 0.891. The molecule has 0 saturated heterocycles. The normalized spacial score (nSPS) is 11.6. The molecule has 0 aromatic carbocycles. The van der Waals surface area contributed by atoms with Crippen molar-refractivity contribution in [1.29, 1.82) is 0 Å². The van der Waals surface area contributed by atoms with E-state index in [2.05, 4.69) is 0 Å². The van der Waals surface area contributed by atoms with E-state index in [4.69, 9.17) is 16.7 Å². The van der Waals surface area contributed by atoms with Gasteiger partial charge >= 0.3 is 5.97 Å². The summed E-state index contributed by atoms with van der Waals surface area (Å²) >= 11 is 5.51. The lowest BCUT2D eigenvalue weighted by Crippen LogP contribution is -1.92. The number of carboxylic acid groups (broad SMARTS) is 1. The average molecular weight is 149 g/mol. The molecule has 1 N–H and O–H groups in total. The first-order valence-corrected chi connectivity index (χ1v) is 3.07. The van der Waals surface area contributed by atoms with Crippen molar-refractivity contribution in [1.82, 2.24) is 0 Å². The monoisotopic (exact) mass is 148 g/mol. The Balaban J connectivity index is 3.39. The van der Waals surface area contributed by atoms with Crippen molar-refractivity contribution >= 4 is 17.6 Å². The van der Waals surface area contributed by atoms with Gasteiger partial charge in [0.25, 0.3) is 0 Å². The van der Waals surface area contributed by atoms with Gasteiger partial charge in [-0.2, -0.15) is 0 Å². The largest absolute Gasteiger partial charge is 0.481 e. The SMILES string of the molecule is CC=C(Cl)CCC(=O)O. The maximum Gasteiger partial charge on any atom is 0.303 e. The zero-order chi connectivity index (χ0) is 7.28. The zero-order valence-corrected chi connectivity index (χ0v) is 5.98. The molecule has 0 spiro atoms. The molecule has 0 aliphatic heterocycles. The van der Waals surface area contributed by atoms with Crippen molar-refractivity contribution in [2.75, 3.05) is 0 Å². The van der Waals surface area contributed by atoms with Crippen LogP contribution >= 0.6 is 11.6 Å². The predicted octanol–water partition coefficient (Wildman–Crippen LogP) is 1.99. The highest BCUT2D eigenvalue weighted by molar-refractivity contribution is 6.29. The number of carbonyl (C=O) groups is 1. The molecule has 0 aliphatic rings. The van der Waals surface area contributed by atoms with Crippen molar-refractivity contribution < 1.29 is 9.90 Å². The van der Waals surface area contributed by atoms with E-state index >= 15 is 0 Å². The van der Waals surface area contributed by atoms with Gasteiger partial charge in [0, 0.05) is 5.03 Å². The molecule has 0 aromatic rings. The molecule has 0 bridgehead atoms. The van der Waals surface area contributed by atoms with E-state index in [1.54, 1.807) is 13.0 Å². The second-order valence-electron chi connectivity index (χ2n) is 1.63. The first kappa shape index (κ1) is 8.50. The lowest BCUT2D eigenvalue weighted by atomic mass is 10.3. The molecular weight excluding hydrogens is 140 g/mol. The second-order valence-corrected chi connectivity index (χ2v) is 2.11. The van der Waals surface area contributed by atoms with Crippen LogP contribution in [-0.2, 0) is 4.79 Å². The van der Waals surface area contributed by atoms with Gasteiger partial charge in [-0.05, 0) is 13.3 Å². The first-order valence-electron chi connectivity index (χ1n) is 2.69. The fraction of sp³-hybridized carbons (Fsp3) is 0.500. The summed E-state index contributed by atoms with van der Waals surface area (Å²) in [5.74, 6) is -0.810. The molecule has 3 heteroatoms. The van der Waals surface area contributed by atoms with Crippen LogP contribution in [0.2, 0.25) is 0 Å². The topological polar surface area (TPSA) is 37.3 Å². The Morgan fingerprint density at radius 2 is 2.22 bits per heavy atom. The maximum atomic E-state index is 9.93. The van der Waals surface area contributed by atoms with Crippen LogP contribution in [-0.4, -0.2) is 11.1 Å². The van der Waals surface area contributed by atoms with Crippen LogP contribution in [0, 0.1) is 0 Å². The Hall–Kier alpha value is -0.500. The number of halogens is 1. The van der Waals surface area contributed by atoms with Crippen LogP contribution in [0.5, 0.6) is 0 Å². The van der Waals surface area contributed by atoms with E-state index in [9.17, 15) is 4.79 Å². The van der Waals surface area contributed by atoms with E-state index in [1.165, 1.54) is 0 Å². The van der Waals surface area contributed by atoms with Crippen LogP contribution in [0.4, 0.5) is 0 Å². The third kappa shape index (κ3) is 5.37. The molecule has 0 unspecified atom stereocenters. The van der Waals surface area contributed by atoms with Gasteiger partial charge in [0.1, 0.15) is 0 Å². The van der Waals surface area contributed by atoms with Gasteiger partial charge in [-0.25, -0.2) is 0 Å². The molecule has 9 heavy (non-hydrogen) atoms. The highest BCUT2D eigenvalue weighted by Gasteiger charge is 1.96. The van der Waals surface area contributed by atoms with Crippen LogP contribution in [0.1, 0.15) is 19.8 Å². The Labute approximate surface area is 59.1 Å². The number of rotatable bonds is 3. The zero-order valence-electron chi connectivity index (χ0n) is 5.22. The van der Waals surface area contributed by atoms with Crippen LogP contribution in [0.15, 0.2) is 11.1 Å². The van der Waals surface area contributed by atoms with Crippen LogP contribution in [0.25, 0.3) is 0 Å². The van der Waals surface area contributed by atoms with E-state index < -0.39 is 5.97 Å². The highest BCUT2D eigenvalue weighted by atomic mass is 35.5. The maximum absolute atomic E-state index is 9.93. The Morgan fingerprint density at radius 1 is 1.67 bits per heavy atom. The van der Waals surface area contributed by atoms with Crippen molar-refractivity contribution in [3.63, 3.8) is 0 Å². The summed E-state index contributed by atoms with van der Waals surface area (Å²) < 4.78 is 0. The Morgan fingerprint density at radius 3 is 2.56 bits per heavy atom. The predicted molar refractivity (Wildman–Crippen MR) is 36.5 cm³/mol. The lowest BCUT2D eigenvalue weighted by Gasteiger charge is -1.91. The molecule has 0 radical (unpaired) electrons. The van der Waals surface area contributed by atoms with Gasteiger partial charge in [0.05, 0.1) is 6.42 Å². The fourth-order valence-corrected chi connectivity index (χ4v) is 0.465. The van der Waals surface area contributed by atoms with Crippen molar-refractivity contribution in [2.24, 2.45) is 0 Å². The van der Waals surface area contributed by atoms with E-state index in [1.807, 2.05) is 0 Å². The van der Waals surface area contributed by atoms with Gasteiger partial charge in [-0.15, -0.1) is 0 Å². The van der Waals surface area contributed by atoms with Gasteiger partial charge in [0.2, 0.25) is 0 Å². The number of aliphatic carboxylic acids is 1. The summed E-state index contributed by atoms with van der Waals surface area (Å²) in [4.78, 5) is 9.93. The quantitative estimate of drug-likeness (QED) is 0.665. The smallest absolute Gasteiger partial charge is 0.303 e. The van der Waals surface area contributed by atoms with E-state index in [0.717, 1.165) is 0 Å². The first-order chi connectivity index (χ1) is 4.16. The average Bonchev–Trinajstić information content (AvgIpc) is 1.83. The van der Waals surface area contributed by atoms with Crippen molar-refractivity contribution in [2.45, 2.75) is 19.8 Å². The standard InChI is InChI=1S/C6H9ClO2/c1-2-5(7)3-4-6(8)9/h2H,3-4H2,1H3,(H,8,9). The van der Waals surface area contributed by atoms with Crippen LogP contribution in [0.3, 0.4) is 0 Å². The summed E-state index contributed by atoms with van der Waals surface area (Å²) in [6, 6.07) is 0. The second kappa shape index (κ2) is 4.39. The summed E-state index contributed by atoms with van der Waals surface area (Å²) in [6.07, 6.45) is 2.25. The van der Waals surface area contributed by atoms with E-state index in [-0.39, 0.29) is 6.42 Å². The van der Waals surface area contributed by atoms with Gasteiger partial charge in [0.15, 0.2) is 0 Å². The molecule has 52 valence electrons. The van der Waals surface area contributed by atoms with Gasteiger partial charge < -0.3 is 5.11 Å². The summed E-state index contributed by atoms with van der Waals surface area (Å²) in [5, 5.41) is 8.78. The third-order valence-corrected chi connectivity index (χ3v) is 1.30. The number of allylic oxidation sites excluding steroid dienone is 2. The minimum atomic E-state index is -0.810. The fourth-order valence-electron chi connectivity index (χ4n) is 0.371. The molecule has 0 heterocycles. The van der Waals surface area contributed by atoms with Crippen LogP contribution < -0.4 is 0 Å². The molecule has 0 rings (SSSR count). The molecule has 0 fully saturated rings. The minimum Gasteiger partial charge on any atom is -0.481 e. The van der Waals surface area contributed by atoms with E-state index in [0.29, 0.717) is 11.5 Å². The number of hydrogen-bond donors (Lipinski definition) is 1. The molecule has 0 atom stereocenters. The van der Waals surface area contributed by atoms with Gasteiger partial charge in [-0.1, -0.05) is 17.7 Å². The molecule has 2 nitrogen and oxygen atoms in total. The lowest BCUT2D eigenvalue weighted by molar-refractivity contribution is -0.136. The molecular formula is C6H9ClO2. The highest BCUT2D eigenvalue weighted by Crippen LogP contribution is 2.08. The molecule has 0 saturated carbocycles. The van der Waals surface area contributed by atoms with Crippen molar-refractivity contribution in [3.05, 3.63) is 11.1 Å². The summed E-state index contributed by atoms with van der Waals surface area (Å²) in [5.41, 5.74) is 0. The Bertz CT molecular complexity index is 129. The number of hydrogen-bond acceptors (Lipinski definition) is 1. The summed E-state index contributed by atoms with van der Waals surface area (Å²) in [7, 11) is 0. The number of carboxylic acids is 1. The minimum absolute atomic E-state index is 0.114. The molecule has 0 aromatic heterocycles. The molecule has 0 amide bonds. The van der Waals surface area contributed by atoms with Crippen molar-refractivity contribution in [3.8, 4) is 0 Å².